The standard InChI is InChI=1S/C21H24N4O4/c1-4-27-18-12-7-6-9-15(18)20-24-19(29-25-20)13-22-16-10-8-11-17(14(16)3)23-21(26)28-5-2/h6-12,22H,4-5,13H2,1-3H3,(H,23,26). The summed E-state index contributed by atoms with van der Waals surface area (Å²) >= 11 is 0. The quantitative estimate of drug-likeness (QED) is 0.573. The summed E-state index contributed by atoms with van der Waals surface area (Å²) in [6.07, 6.45) is -0.484. The molecule has 0 saturated carbocycles. The molecule has 0 fully saturated rings. The van der Waals surface area contributed by atoms with Crippen LogP contribution in [0, 0.1) is 6.92 Å². The van der Waals surface area contributed by atoms with Gasteiger partial charge in [-0.15, -0.1) is 0 Å². The Kier molecular flexibility index (Phi) is 6.67. The summed E-state index contributed by atoms with van der Waals surface area (Å²) in [7, 11) is 0. The maximum absolute atomic E-state index is 11.7. The van der Waals surface area contributed by atoms with Crippen molar-refractivity contribution in [3.63, 3.8) is 0 Å². The molecule has 152 valence electrons. The molecule has 1 amide bonds. The van der Waals surface area contributed by atoms with Crippen LogP contribution < -0.4 is 15.4 Å². The Morgan fingerprint density at radius 1 is 1.07 bits per heavy atom. The van der Waals surface area contributed by atoms with Crippen molar-refractivity contribution < 1.29 is 18.8 Å². The average molecular weight is 396 g/mol. The number of hydrogen-bond acceptors (Lipinski definition) is 7. The Labute approximate surface area is 169 Å². The van der Waals surface area contributed by atoms with Gasteiger partial charge in [-0.2, -0.15) is 4.98 Å². The number of amides is 1. The van der Waals surface area contributed by atoms with E-state index in [4.69, 9.17) is 14.0 Å². The number of ether oxygens (including phenoxy) is 2. The maximum Gasteiger partial charge on any atom is 0.411 e. The molecule has 8 nitrogen and oxygen atoms in total. The third kappa shape index (κ3) is 5.04. The summed E-state index contributed by atoms with van der Waals surface area (Å²) in [6.45, 7) is 6.80. The van der Waals surface area contributed by atoms with Gasteiger partial charge in [0.25, 0.3) is 0 Å². The highest BCUT2D eigenvalue weighted by atomic mass is 16.5. The van der Waals surface area contributed by atoms with Gasteiger partial charge in [-0.1, -0.05) is 23.4 Å². The highest BCUT2D eigenvalue weighted by molar-refractivity contribution is 5.87. The Balaban J connectivity index is 1.70. The lowest BCUT2D eigenvalue weighted by Crippen LogP contribution is -2.14. The minimum Gasteiger partial charge on any atom is -0.493 e. The van der Waals surface area contributed by atoms with E-state index in [-0.39, 0.29) is 0 Å². The smallest absolute Gasteiger partial charge is 0.411 e. The van der Waals surface area contributed by atoms with Gasteiger partial charge in [-0.05, 0) is 50.6 Å². The number of rotatable bonds is 8. The number of benzene rings is 2. The van der Waals surface area contributed by atoms with Crippen LogP contribution in [0.25, 0.3) is 11.4 Å². The monoisotopic (exact) mass is 396 g/mol. The summed E-state index contributed by atoms with van der Waals surface area (Å²) in [5, 5.41) is 10.0. The number of nitrogens with zero attached hydrogens (tertiary/aromatic N) is 2. The van der Waals surface area contributed by atoms with Gasteiger partial charge in [-0.3, -0.25) is 5.32 Å². The lowest BCUT2D eigenvalue weighted by atomic mass is 10.1. The van der Waals surface area contributed by atoms with Gasteiger partial charge in [-0.25, -0.2) is 4.79 Å². The summed E-state index contributed by atoms with van der Waals surface area (Å²) in [5.74, 6) is 1.62. The Morgan fingerprint density at radius 2 is 1.86 bits per heavy atom. The van der Waals surface area contributed by atoms with E-state index in [1.807, 2.05) is 56.3 Å². The van der Waals surface area contributed by atoms with Gasteiger partial charge in [0.2, 0.25) is 11.7 Å². The molecule has 1 heterocycles. The van der Waals surface area contributed by atoms with Gasteiger partial charge in [0.15, 0.2) is 0 Å². The van der Waals surface area contributed by atoms with E-state index in [1.54, 1.807) is 6.92 Å². The minimum absolute atomic E-state index is 0.314. The number of carbonyl (C=O) groups is 1. The zero-order valence-corrected chi connectivity index (χ0v) is 16.7. The van der Waals surface area contributed by atoms with Crippen molar-refractivity contribution in [2.45, 2.75) is 27.3 Å². The molecule has 8 heteroatoms. The maximum atomic E-state index is 11.7. The molecule has 2 N–H and O–H groups in total. The Morgan fingerprint density at radius 3 is 2.66 bits per heavy atom. The third-order valence-corrected chi connectivity index (χ3v) is 4.17. The average Bonchev–Trinajstić information content (AvgIpc) is 3.18. The van der Waals surface area contributed by atoms with Crippen molar-refractivity contribution in [2.24, 2.45) is 0 Å². The van der Waals surface area contributed by atoms with E-state index in [9.17, 15) is 4.79 Å². The van der Waals surface area contributed by atoms with Crippen molar-refractivity contribution in [3.05, 3.63) is 53.9 Å². The molecule has 0 atom stereocenters. The van der Waals surface area contributed by atoms with Crippen LogP contribution in [-0.2, 0) is 11.3 Å². The zero-order chi connectivity index (χ0) is 20.6. The van der Waals surface area contributed by atoms with Gasteiger partial charge in [0, 0.05) is 11.4 Å². The Hall–Kier alpha value is -3.55. The Bertz CT molecular complexity index is 971. The molecule has 0 aliphatic rings. The number of hydrogen-bond donors (Lipinski definition) is 2. The van der Waals surface area contributed by atoms with E-state index in [0.717, 1.165) is 16.8 Å². The van der Waals surface area contributed by atoms with Crippen molar-refractivity contribution in [3.8, 4) is 17.1 Å². The van der Waals surface area contributed by atoms with Crippen LogP contribution in [0.15, 0.2) is 47.0 Å². The highest BCUT2D eigenvalue weighted by Crippen LogP contribution is 2.28. The van der Waals surface area contributed by atoms with E-state index in [1.165, 1.54) is 0 Å². The molecule has 29 heavy (non-hydrogen) atoms. The van der Waals surface area contributed by atoms with Crippen LogP contribution in [0.5, 0.6) is 5.75 Å². The van der Waals surface area contributed by atoms with Crippen molar-refractivity contribution in [1.29, 1.82) is 0 Å². The normalized spacial score (nSPS) is 10.4. The molecule has 0 radical (unpaired) electrons. The second-order valence-electron chi connectivity index (χ2n) is 6.12. The molecular weight excluding hydrogens is 372 g/mol. The summed E-state index contributed by atoms with van der Waals surface area (Å²) in [5.41, 5.74) is 3.17. The highest BCUT2D eigenvalue weighted by Gasteiger charge is 2.14. The predicted molar refractivity (Wildman–Crippen MR) is 110 cm³/mol. The van der Waals surface area contributed by atoms with Crippen LogP contribution in [-0.4, -0.2) is 29.4 Å². The molecular formula is C21H24N4O4. The third-order valence-electron chi connectivity index (χ3n) is 4.17. The lowest BCUT2D eigenvalue weighted by molar-refractivity contribution is 0.168. The predicted octanol–water partition coefficient (Wildman–Crippen LogP) is 4.62. The first-order valence-electron chi connectivity index (χ1n) is 9.44. The fourth-order valence-electron chi connectivity index (χ4n) is 2.78. The molecule has 1 aromatic heterocycles. The first kappa shape index (κ1) is 20.2. The minimum atomic E-state index is -0.484. The van der Waals surface area contributed by atoms with Crippen LogP contribution in [0.1, 0.15) is 25.3 Å². The first-order valence-corrected chi connectivity index (χ1v) is 9.44. The van der Waals surface area contributed by atoms with Crippen LogP contribution >= 0.6 is 0 Å². The zero-order valence-electron chi connectivity index (χ0n) is 16.7. The molecule has 0 saturated heterocycles. The fourth-order valence-corrected chi connectivity index (χ4v) is 2.78. The first-order chi connectivity index (χ1) is 14.1. The van der Waals surface area contributed by atoms with Gasteiger partial charge in [0.1, 0.15) is 5.75 Å². The number of nitrogens with one attached hydrogen (secondary N) is 2. The molecule has 0 spiro atoms. The van der Waals surface area contributed by atoms with Crippen molar-refractivity contribution in [1.82, 2.24) is 10.1 Å². The van der Waals surface area contributed by atoms with Crippen molar-refractivity contribution >= 4 is 17.5 Å². The number of carbonyl (C=O) groups excluding carboxylic acids is 1. The van der Waals surface area contributed by atoms with Gasteiger partial charge in [0.05, 0.1) is 25.3 Å². The molecule has 0 unspecified atom stereocenters. The fraction of sp³-hybridized carbons (Fsp3) is 0.286. The molecule has 0 bridgehead atoms. The number of para-hydroxylation sites is 1. The van der Waals surface area contributed by atoms with Crippen LogP contribution in [0.3, 0.4) is 0 Å². The summed E-state index contributed by atoms with van der Waals surface area (Å²) in [4.78, 5) is 16.1. The second-order valence-corrected chi connectivity index (χ2v) is 6.12. The van der Waals surface area contributed by atoms with E-state index < -0.39 is 6.09 Å². The van der Waals surface area contributed by atoms with Crippen LogP contribution in [0.2, 0.25) is 0 Å². The molecule has 0 aliphatic carbocycles. The SMILES string of the molecule is CCOC(=O)Nc1cccc(NCc2nc(-c3ccccc3OCC)no2)c1C. The largest absolute Gasteiger partial charge is 0.493 e. The van der Waals surface area contributed by atoms with E-state index in [0.29, 0.717) is 42.9 Å². The summed E-state index contributed by atoms with van der Waals surface area (Å²) in [6, 6.07) is 13.1. The second kappa shape index (κ2) is 9.59. The lowest BCUT2D eigenvalue weighted by Gasteiger charge is -2.13. The topological polar surface area (TPSA) is 98.5 Å². The number of aromatic nitrogens is 2. The number of anilines is 2. The van der Waals surface area contributed by atoms with Gasteiger partial charge >= 0.3 is 6.09 Å². The van der Waals surface area contributed by atoms with E-state index >= 15 is 0 Å². The molecule has 2 aromatic carbocycles. The summed E-state index contributed by atoms with van der Waals surface area (Å²) < 4.78 is 15.9. The molecule has 0 aliphatic heterocycles. The molecule has 3 aromatic rings. The molecule has 3 rings (SSSR count). The van der Waals surface area contributed by atoms with E-state index in [2.05, 4.69) is 20.8 Å². The van der Waals surface area contributed by atoms with Gasteiger partial charge < -0.3 is 19.3 Å². The van der Waals surface area contributed by atoms with Crippen LogP contribution in [0.4, 0.5) is 16.2 Å². The van der Waals surface area contributed by atoms with Crippen molar-refractivity contribution in [2.75, 3.05) is 23.8 Å².